The highest BCUT2D eigenvalue weighted by Gasteiger charge is 2.29. The second-order valence-electron chi connectivity index (χ2n) is 3.78. The van der Waals surface area contributed by atoms with Crippen LogP contribution >= 0.6 is 11.6 Å². The van der Waals surface area contributed by atoms with E-state index in [2.05, 4.69) is 10.3 Å². The molecule has 0 aliphatic carbocycles. The molecule has 0 spiro atoms. The standard InChI is InChI=1S/C10H12ClN3O2/c11-8-1-9(3-12-2-8)13-10(16)14-4-7(5-14)6-15/h1-3,7,15H,4-6H2,(H,13,16). The molecule has 1 aromatic heterocycles. The van der Waals surface area contributed by atoms with Crippen molar-refractivity contribution in [1.82, 2.24) is 9.88 Å². The Morgan fingerprint density at radius 1 is 1.62 bits per heavy atom. The normalized spacial score (nSPS) is 15.8. The molecule has 1 saturated heterocycles. The molecule has 1 aromatic rings. The molecule has 5 nitrogen and oxygen atoms in total. The number of urea groups is 1. The van der Waals surface area contributed by atoms with Crippen LogP contribution in [0.2, 0.25) is 5.02 Å². The Hall–Kier alpha value is -1.33. The molecule has 2 N–H and O–H groups in total. The predicted molar refractivity (Wildman–Crippen MR) is 60.4 cm³/mol. The Morgan fingerprint density at radius 2 is 2.38 bits per heavy atom. The molecule has 0 bridgehead atoms. The number of carbonyl (C=O) groups excluding carboxylic acids is 1. The van der Waals surface area contributed by atoms with E-state index in [1.54, 1.807) is 11.0 Å². The van der Waals surface area contributed by atoms with E-state index < -0.39 is 0 Å². The van der Waals surface area contributed by atoms with Crippen LogP contribution in [0.3, 0.4) is 0 Å². The molecule has 0 radical (unpaired) electrons. The van der Waals surface area contributed by atoms with Gasteiger partial charge in [-0.25, -0.2) is 4.79 Å². The molecule has 0 aromatic carbocycles. The minimum absolute atomic E-state index is 0.127. The summed E-state index contributed by atoms with van der Waals surface area (Å²) in [5.74, 6) is 0.211. The maximum Gasteiger partial charge on any atom is 0.321 e. The largest absolute Gasteiger partial charge is 0.396 e. The van der Waals surface area contributed by atoms with Gasteiger partial charge in [-0.15, -0.1) is 0 Å². The van der Waals surface area contributed by atoms with Crippen molar-refractivity contribution in [3.05, 3.63) is 23.5 Å². The summed E-state index contributed by atoms with van der Waals surface area (Å²) in [6.07, 6.45) is 3.04. The van der Waals surface area contributed by atoms with Gasteiger partial charge in [0.1, 0.15) is 0 Å². The van der Waals surface area contributed by atoms with Gasteiger partial charge in [-0.05, 0) is 6.07 Å². The Kier molecular flexibility index (Phi) is 3.26. The molecule has 1 fully saturated rings. The highest BCUT2D eigenvalue weighted by atomic mass is 35.5. The van der Waals surface area contributed by atoms with Crippen LogP contribution in [0.5, 0.6) is 0 Å². The lowest BCUT2D eigenvalue weighted by molar-refractivity contribution is 0.0838. The van der Waals surface area contributed by atoms with Crippen LogP contribution in [0.15, 0.2) is 18.5 Å². The van der Waals surface area contributed by atoms with E-state index in [-0.39, 0.29) is 18.6 Å². The van der Waals surface area contributed by atoms with Crippen molar-refractivity contribution in [2.75, 3.05) is 25.0 Å². The van der Waals surface area contributed by atoms with E-state index in [1.165, 1.54) is 12.4 Å². The number of rotatable bonds is 2. The number of pyridine rings is 1. The lowest BCUT2D eigenvalue weighted by atomic mass is 10.0. The molecular formula is C10H12ClN3O2. The van der Waals surface area contributed by atoms with Crippen LogP contribution in [-0.2, 0) is 0 Å². The number of aromatic nitrogens is 1. The van der Waals surface area contributed by atoms with Gasteiger partial charge in [0, 0.05) is 31.8 Å². The second-order valence-corrected chi connectivity index (χ2v) is 4.21. The van der Waals surface area contributed by atoms with Crippen molar-refractivity contribution in [2.24, 2.45) is 5.92 Å². The minimum Gasteiger partial charge on any atom is -0.396 e. The van der Waals surface area contributed by atoms with Gasteiger partial charge in [0.15, 0.2) is 0 Å². The van der Waals surface area contributed by atoms with Crippen molar-refractivity contribution < 1.29 is 9.90 Å². The van der Waals surface area contributed by atoms with Crippen molar-refractivity contribution in [1.29, 1.82) is 0 Å². The highest BCUT2D eigenvalue weighted by molar-refractivity contribution is 6.30. The first-order valence-corrected chi connectivity index (χ1v) is 5.34. The Balaban J connectivity index is 1.89. The smallest absolute Gasteiger partial charge is 0.321 e. The SMILES string of the molecule is O=C(Nc1cncc(Cl)c1)N1CC(CO)C1. The third kappa shape index (κ3) is 2.43. The Bertz CT molecular complexity index is 393. The average molecular weight is 242 g/mol. The van der Waals surface area contributed by atoms with Crippen molar-refractivity contribution in [2.45, 2.75) is 0 Å². The maximum absolute atomic E-state index is 11.6. The van der Waals surface area contributed by atoms with Crippen LogP contribution in [0.25, 0.3) is 0 Å². The number of amides is 2. The molecule has 86 valence electrons. The fraction of sp³-hybridized carbons (Fsp3) is 0.400. The summed E-state index contributed by atoms with van der Waals surface area (Å²) in [4.78, 5) is 17.1. The molecule has 16 heavy (non-hydrogen) atoms. The molecule has 0 unspecified atom stereocenters. The van der Waals surface area contributed by atoms with Crippen molar-refractivity contribution >= 4 is 23.3 Å². The van der Waals surface area contributed by atoms with Crippen LogP contribution in [0.1, 0.15) is 0 Å². The number of aliphatic hydroxyl groups excluding tert-OH is 1. The first-order chi connectivity index (χ1) is 7.69. The molecule has 2 heterocycles. The van der Waals surface area contributed by atoms with E-state index in [0.717, 1.165) is 0 Å². The first-order valence-electron chi connectivity index (χ1n) is 4.96. The lowest BCUT2D eigenvalue weighted by Gasteiger charge is -2.37. The van der Waals surface area contributed by atoms with Gasteiger partial charge in [0.25, 0.3) is 0 Å². The number of anilines is 1. The van der Waals surface area contributed by atoms with Crippen LogP contribution in [0.4, 0.5) is 10.5 Å². The lowest BCUT2D eigenvalue weighted by Crippen LogP contribution is -2.52. The van der Waals surface area contributed by atoms with Gasteiger partial charge in [0.05, 0.1) is 16.9 Å². The molecule has 1 aliphatic rings. The topological polar surface area (TPSA) is 65.5 Å². The van der Waals surface area contributed by atoms with Crippen LogP contribution < -0.4 is 5.32 Å². The molecule has 0 atom stereocenters. The van der Waals surface area contributed by atoms with E-state index in [4.69, 9.17) is 16.7 Å². The number of nitrogens with one attached hydrogen (secondary N) is 1. The number of hydrogen-bond donors (Lipinski definition) is 2. The first kappa shape index (κ1) is 11.2. The monoisotopic (exact) mass is 241 g/mol. The van der Waals surface area contributed by atoms with E-state index in [9.17, 15) is 4.79 Å². The highest BCUT2D eigenvalue weighted by Crippen LogP contribution is 2.18. The third-order valence-electron chi connectivity index (χ3n) is 2.46. The number of likely N-dealkylation sites (tertiary alicyclic amines) is 1. The summed E-state index contributed by atoms with van der Waals surface area (Å²) in [5.41, 5.74) is 0.574. The molecule has 0 saturated carbocycles. The zero-order valence-electron chi connectivity index (χ0n) is 8.56. The quantitative estimate of drug-likeness (QED) is 0.818. The van der Waals surface area contributed by atoms with Crippen LogP contribution in [-0.4, -0.2) is 40.7 Å². The number of halogens is 1. The average Bonchev–Trinajstić information content (AvgIpc) is 2.15. The molecule has 1 aliphatic heterocycles. The molecule has 6 heteroatoms. The molecule has 2 amide bonds. The second kappa shape index (κ2) is 4.67. The summed E-state index contributed by atoms with van der Waals surface area (Å²) < 4.78 is 0. The van der Waals surface area contributed by atoms with Gasteiger partial charge in [-0.2, -0.15) is 0 Å². The number of aliphatic hydroxyl groups is 1. The van der Waals surface area contributed by atoms with Crippen molar-refractivity contribution in [3.8, 4) is 0 Å². The van der Waals surface area contributed by atoms with Gasteiger partial charge >= 0.3 is 6.03 Å². The summed E-state index contributed by atoms with van der Waals surface area (Å²) in [7, 11) is 0. The van der Waals surface area contributed by atoms with Crippen LogP contribution in [0, 0.1) is 5.92 Å². The predicted octanol–water partition coefficient (Wildman–Crippen LogP) is 1.19. The fourth-order valence-electron chi connectivity index (χ4n) is 1.53. The number of nitrogens with zero attached hydrogens (tertiary/aromatic N) is 2. The Labute approximate surface area is 98.0 Å². The van der Waals surface area contributed by atoms with E-state index >= 15 is 0 Å². The summed E-state index contributed by atoms with van der Waals surface area (Å²) in [6, 6.07) is 1.45. The Morgan fingerprint density at radius 3 is 3.00 bits per heavy atom. The third-order valence-corrected chi connectivity index (χ3v) is 2.67. The van der Waals surface area contributed by atoms with E-state index in [1.807, 2.05) is 0 Å². The summed E-state index contributed by atoms with van der Waals surface area (Å²) >= 11 is 5.74. The zero-order valence-corrected chi connectivity index (χ0v) is 9.31. The fourth-order valence-corrected chi connectivity index (χ4v) is 1.71. The van der Waals surface area contributed by atoms with Gasteiger partial charge in [-0.1, -0.05) is 11.6 Å². The number of carbonyl (C=O) groups is 1. The van der Waals surface area contributed by atoms with Crippen molar-refractivity contribution in [3.63, 3.8) is 0 Å². The zero-order chi connectivity index (χ0) is 11.5. The van der Waals surface area contributed by atoms with Gasteiger partial charge in [-0.3, -0.25) is 4.98 Å². The maximum atomic E-state index is 11.6. The van der Waals surface area contributed by atoms with E-state index in [0.29, 0.717) is 23.8 Å². The minimum atomic E-state index is -0.186. The van der Waals surface area contributed by atoms with Gasteiger partial charge in [0.2, 0.25) is 0 Å². The molecular weight excluding hydrogens is 230 g/mol. The summed E-state index contributed by atoms with van der Waals surface area (Å²) in [6.45, 7) is 1.31. The summed E-state index contributed by atoms with van der Waals surface area (Å²) in [5, 5.41) is 12.0. The van der Waals surface area contributed by atoms with Gasteiger partial charge < -0.3 is 15.3 Å². The number of hydrogen-bond acceptors (Lipinski definition) is 3. The molecule has 2 rings (SSSR count).